The predicted octanol–water partition coefficient (Wildman–Crippen LogP) is -0.145. The van der Waals surface area contributed by atoms with Gasteiger partial charge in [-0.25, -0.2) is 10.9 Å². The highest BCUT2D eigenvalue weighted by Gasteiger charge is 2.15. The molecule has 2 atom stereocenters. The maximum atomic E-state index is 11.0. The summed E-state index contributed by atoms with van der Waals surface area (Å²) < 4.78 is 0. The molecule has 0 aliphatic rings. The van der Waals surface area contributed by atoms with Crippen molar-refractivity contribution in [3.63, 3.8) is 0 Å². The number of thiol groups is 2. The Morgan fingerprint density at radius 2 is 1.29 bits per heavy atom. The van der Waals surface area contributed by atoms with Gasteiger partial charge in [-0.15, -0.1) is 0 Å². The van der Waals surface area contributed by atoms with Gasteiger partial charge in [0, 0.05) is 11.5 Å². The molecular formula is C8H16N2O2S2. The van der Waals surface area contributed by atoms with Crippen LogP contribution in [-0.4, -0.2) is 35.2 Å². The van der Waals surface area contributed by atoms with Crippen LogP contribution < -0.4 is 10.9 Å². The molecule has 0 aromatic carbocycles. The quantitative estimate of drug-likeness (QED) is 0.367. The van der Waals surface area contributed by atoms with E-state index in [1.54, 1.807) is 0 Å². The van der Waals surface area contributed by atoms with E-state index in [1.807, 2.05) is 0 Å². The van der Waals surface area contributed by atoms with Gasteiger partial charge >= 0.3 is 0 Å². The number of ketones is 2. The summed E-state index contributed by atoms with van der Waals surface area (Å²) in [5, 5.41) is 0. The van der Waals surface area contributed by atoms with Gasteiger partial charge < -0.3 is 0 Å². The van der Waals surface area contributed by atoms with Gasteiger partial charge in [0.2, 0.25) is 0 Å². The minimum absolute atomic E-state index is 0.0195. The monoisotopic (exact) mass is 236 g/mol. The van der Waals surface area contributed by atoms with Gasteiger partial charge in [0.25, 0.3) is 0 Å². The molecule has 0 aliphatic heterocycles. The third kappa shape index (κ3) is 4.99. The Morgan fingerprint density at radius 1 is 1.00 bits per heavy atom. The molecule has 0 amide bonds. The SMILES string of the molecule is CC(=O)[C@H](CS)NN[C@@H](CS)C(C)=O. The van der Waals surface area contributed by atoms with Crippen LogP contribution in [0.4, 0.5) is 0 Å². The third-order valence-corrected chi connectivity index (χ3v) is 2.51. The van der Waals surface area contributed by atoms with E-state index < -0.39 is 0 Å². The summed E-state index contributed by atoms with van der Waals surface area (Å²) in [4.78, 5) is 22.0. The largest absolute Gasteiger partial charge is 0.298 e. The molecule has 0 aromatic rings. The van der Waals surface area contributed by atoms with E-state index in [1.165, 1.54) is 13.8 Å². The Hall–Kier alpha value is -0.0400. The fourth-order valence-corrected chi connectivity index (χ4v) is 1.45. The average Bonchev–Trinajstić information content (AvgIpc) is 2.11. The van der Waals surface area contributed by atoms with Crippen LogP contribution in [0.25, 0.3) is 0 Å². The molecule has 0 saturated carbocycles. The van der Waals surface area contributed by atoms with Crippen LogP contribution in [0.5, 0.6) is 0 Å². The molecule has 0 saturated heterocycles. The standard InChI is InChI=1S/C8H16N2O2S2/c1-5(11)7(3-13)9-10-8(4-14)6(2)12/h7-10,13-14H,3-4H2,1-2H3/t7-,8-/m0/s1. The topological polar surface area (TPSA) is 58.2 Å². The van der Waals surface area contributed by atoms with Crippen molar-refractivity contribution < 1.29 is 9.59 Å². The zero-order valence-corrected chi connectivity index (χ0v) is 10.1. The maximum Gasteiger partial charge on any atom is 0.148 e. The van der Waals surface area contributed by atoms with Crippen molar-refractivity contribution in [3.8, 4) is 0 Å². The molecule has 6 heteroatoms. The molecule has 14 heavy (non-hydrogen) atoms. The van der Waals surface area contributed by atoms with E-state index in [0.29, 0.717) is 11.5 Å². The number of carbonyl (C=O) groups is 2. The minimum Gasteiger partial charge on any atom is -0.298 e. The van der Waals surface area contributed by atoms with Gasteiger partial charge in [0.15, 0.2) is 0 Å². The molecular weight excluding hydrogens is 220 g/mol. The molecule has 0 heterocycles. The number of carbonyl (C=O) groups excluding carboxylic acids is 2. The number of hydrogen-bond acceptors (Lipinski definition) is 6. The van der Waals surface area contributed by atoms with Gasteiger partial charge in [-0.1, -0.05) is 0 Å². The van der Waals surface area contributed by atoms with Crippen LogP contribution in [-0.2, 0) is 9.59 Å². The highest BCUT2D eigenvalue weighted by Crippen LogP contribution is 1.91. The number of hydrogen-bond donors (Lipinski definition) is 4. The first kappa shape index (κ1) is 14.0. The van der Waals surface area contributed by atoms with Gasteiger partial charge in [0.1, 0.15) is 11.6 Å². The summed E-state index contributed by atoms with van der Waals surface area (Å²) in [6, 6.07) is -0.750. The summed E-state index contributed by atoms with van der Waals surface area (Å²) in [6.07, 6.45) is 0. The summed E-state index contributed by atoms with van der Waals surface area (Å²) in [5.41, 5.74) is 5.51. The van der Waals surface area contributed by atoms with Gasteiger partial charge in [-0.05, 0) is 13.8 Å². The Balaban J connectivity index is 4.00. The fourth-order valence-electron chi connectivity index (χ4n) is 0.753. The van der Waals surface area contributed by atoms with Crippen molar-refractivity contribution in [1.82, 2.24) is 10.9 Å². The molecule has 0 bridgehead atoms. The number of hydrazine groups is 1. The Kier molecular flexibility index (Phi) is 7.26. The first-order chi connectivity index (χ1) is 6.52. The van der Waals surface area contributed by atoms with Crippen molar-refractivity contribution in [3.05, 3.63) is 0 Å². The van der Waals surface area contributed by atoms with Crippen molar-refractivity contribution in [2.24, 2.45) is 0 Å². The first-order valence-corrected chi connectivity index (χ1v) is 5.53. The fraction of sp³-hybridized carbons (Fsp3) is 0.750. The maximum absolute atomic E-state index is 11.0. The molecule has 0 aromatic heterocycles. The molecule has 0 aliphatic carbocycles. The van der Waals surface area contributed by atoms with Gasteiger partial charge in [-0.2, -0.15) is 25.3 Å². The van der Waals surface area contributed by atoms with E-state index in [0.717, 1.165) is 0 Å². The summed E-state index contributed by atoms with van der Waals surface area (Å²) in [5.74, 6) is 0.738. The lowest BCUT2D eigenvalue weighted by Gasteiger charge is -2.18. The lowest BCUT2D eigenvalue weighted by Crippen LogP contribution is -2.53. The van der Waals surface area contributed by atoms with Crippen LogP contribution >= 0.6 is 25.3 Å². The van der Waals surface area contributed by atoms with Gasteiger partial charge in [-0.3, -0.25) is 9.59 Å². The van der Waals surface area contributed by atoms with Crippen LogP contribution in [0, 0.1) is 0 Å². The van der Waals surface area contributed by atoms with Crippen LogP contribution in [0.15, 0.2) is 0 Å². The Bertz CT molecular complexity index is 190. The van der Waals surface area contributed by atoms with Crippen LogP contribution in [0.1, 0.15) is 13.8 Å². The van der Waals surface area contributed by atoms with E-state index >= 15 is 0 Å². The van der Waals surface area contributed by atoms with Gasteiger partial charge in [0.05, 0.1) is 12.1 Å². The molecule has 0 spiro atoms. The highest BCUT2D eigenvalue weighted by molar-refractivity contribution is 7.80. The minimum atomic E-state index is -0.375. The number of Topliss-reactive ketones (excluding diaryl/α,β-unsaturated/α-hetero) is 2. The molecule has 0 radical (unpaired) electrons. The van der Waals surface area contributed by atoms with E-state index in [2.05, 4.69) is 36.1 Å². The highest BCUT2D eigenvalue weighted by atomic mass is 32.1. The molecule has 82 valence electrons. The molecule has 0 fully saturated rings. The Morgan fingerprint density at radius 3 is 1.43 bits per heavy atom. The summed E-state index contributed by atoms with van der Waals surface area (Å²) in [7, 11) is 0. The summed E-state index contributed by atoms with van der Waals surface area (Å²) >= 11 is 8.02. The third-order valence-electron chi connectivity index (χ3n) is 1.78. The first-order valence-electron chi connectivity index (χ1n) is 4.26. The Labute approximate surface area is 95.0 Å². The average molecular weight is 236 g/mol. The van der Waals surface area contributed by atoms with E-state index in [4.69, 9.17) is 0 Å². The number of nitrogens with one attached hydrogen (secondary N) is 2. The van der Waals surface area contributed by atoms with Crippen LogP contribution in [0.3, 0.4) is 0 Å². The zero-order chi connectivity index (χ0) is 11.1. The molecule has 4 nitrogen and oxygen atoms in total. The molecule has 0 unspecified atom stereocenters. The van der Waals surface area contributed by atoms with Crippen molar-refractivity contribution in [1.29, 1.82) is 0 Å². The van der Waals surface area contributed by atoms with E-state index in [9.17, 15) is 9.59 Å². The van der Waals surface area contributed by atoms with E-state index in [-0.39, 0.29) is 23.7 Å². The van der Waals surface area contributed by atoms with Crippen molar-refractivity contribution >= 4 is 36.8 Å². The smallest absolute Gasteiger partial charge is 0.148 e. The van der Waals surface area contributed by atoms with Crippen LogP contribution in [0.2, 0.25) is 0 Å². The second-order valence-corrected chi connectivity index (χ2v) is 3.71. The summed E-state index contributed by atoms with van der Waals surface area (Å²) in [6.45, 7) is 2.94. The normalized spacial score (nSPS) is 14.9. The number of rotatable bonds is 7. The lowest BCUT2D eigenvalue weighted by atomic mass is 10.2. The second-order valence-electron chi connectivity index (χ2n) is 2.98. The predicted molar refractivity (Wildman–Crippen MR) is 62.9 cm³/mol. The second kappa shape index (κ2) is 7.28. The lowest BCUT2D eigenvalue weighted by molar-refractivity contribution is -0.121. The molecule has 0 rings (SSSR count). The molecule has 2 N–H and O–H groups in total. The van der Waals surface area contributed by atoms with Crippen molar-refractivity contribution in [2.75, 3.05) is 11.5 Å². The zero-order valence-electron chi connectivity index (χ0n) is 8.28. The van der Waals surface area contributed by atoms with Crippen molar-refractivity contribution in [2.45, 2.75) is 25.9 Å².